The van der Waals surface area contributed by atoms with E-state index in [-0.39, 0.29) is 0 Å². The number of benzene rings is 1. The molecule has 1 aliphatic carbocycles. The minimum Gasteiger partial charge on any atom is -0.385 e. The Kier molecular flexibility index (Phi) is 2.47. The molecule has 0 amide bonds. The molecule has 2 heteroatoms. The monoisotopic (exact) mass is 205 g/mol. The third-order valence-electron chi connectivity index (χ3n) is 3.43. The van der Waals surface area contributed by atoms with Gasteiger partial charge in [0.2, 0.25) is 0 Å². The summed E-state index contributed by atoms with van der Waals surface area (Å²) in [5, 5.41) is 10.3. The second-order valence-corrected chi connectivity index (χ2v) is 4.68. The summed E-state index contributed by atoms with van der Waals surface area (Å²) < 4.78 is 0. The van der Waals surface area contributed by atoms with Crippen molar-refractivity contribution in [1.82, 2.24) is 0 Å². The Morgan fingerprint density at radius 3 is 2.73 bits per heavy atom. The van der Waals surface area contributed by atoms with Gasteiger partial charge in [0, 0.05) is 19.8 Å². The quantitative estimate of drug-likeness (QED) is 0.819. The lowest BCUT2D eigenvalue weighted by Crippen LogP contribution is -2.12. The van der Waals surface area contributed by atoms with E-state index in [2.05, 4.69) is 24.0 Å². The third-order valence-corrected chi connectivity index (χ3v) is 3.43. The first kappa shape index (κ1) is 10.5. The fraction of sp³-hybridized carbons (Fsp3) is 0.538. The van der Waals surface area contributed by atoms with Gasteiger partial charge in [0.05, 0.1) is 5.60 Å². The SMILES string of the molecule is CCC1CC1(O)c1cccc(N(C)C)c1. The molecule has 15 heavy (non-hydrogen) atoms. The van der Waals surface area contributed by atoms with Crippen molar-refractivity contribution in [3.8, 4) is 0 Å². The highest BCUT2D eigenvalue weighted by Gasteiger charge is 2.52. The molecule has 0 saturated heterocycles. The summed E-state index contributed by atoms with van der Waals surface area (Å²) in [6, 6.07) is 8.21. The molecule has 2 unspecified atom stereocenters. The van der Waals surface area contributed by atoms with E-state index in [1.807, 2.05) is 26.2 Å². The molecule has 1 aromatic carbocycles. The zero-order valence-corrected chi connectivity index (χ0v) is 9.70. The van der Waals surface area contributed by atoms with Crippen molar-refractivity contribution in [1.29, 1.82) is 0 Å². The molecule has 82 valence electrons. The lowest BCUT2D eigenvalue weighted by molar-refractivity contribution is 0.130. The second kappa shape index (κ2) is 3.53. The van der Waals surface area contributed by atoms with Crippen molar-refractivity contribution in [2.24, 2.45) is 5.92 Å². The largest absolute Gasteiger partial charge is 0.385 e. The summed E-state index contributed by atoms with van der Waals surface area (Å²) in [4.78, 5) is 2.07. The first-order valence-corrected chi connectivity index (χ1v) is 5.58. The highest BCUT2D eigenvalue weighted by atomic mass is 16.3. The summed E-state index contributed by atoms with van der Waals surface area (Å²) >= 11 is 0. The van der Waals surface area contributed by atoms with Crippen LogP contribution in [0.5, 0.6) is 0 Å². The van der Waals surface area contributed by atoms with Gasteiger partial charge < -0.3 is 10.0 Å². The molecule has 1 N–H and O–H groups in total. The average molecular weight is 205 g/mol. The van der Waals surface area contributed by atoms with Gasteiger partial charge in [0.1, 0.15) is 0 Å². The Morgan fingerprint density at radius 1 is 1.47 bits per heavy atom. The van der Waals surface area contributed by atoms with Crippen LogP contribution in [0.3, 0.4) is 0 Å². The molecular formula is C13H19NO. The van der Waals surface area contributed by atoms with E-state index >= 15 is 0 Å². The van der Waals surface area contributed by atoms with Crippen molar-refractivity contribution >= 4 is 5.69 Å². The van der Waals surface area contributed by atoms with Crippen LogP contribution in [0.15, 0.2) is 24.3 Å². The molecule has 2 nitrogen and oxygen atoms in total. The number of nitrogens with zero attached hydrogens (tertiary/aromatic N) is 1. The summed E-state index contributed by atoms with van der Waals surface area (Å²) in [6.45, 7) is 2.14. The van der Waals surface area contributed by atoms with E-state index in [1.54, 1.807) is 0 Å². The molecule has 0 aliphatic heterocycles. The Balaban J connectivity index is 2.27. The second-order valence-electron chi connectivity index (χ2n) is 4.68. The predicted octanol–water partition coefficient (Wildman–Crippen LogP) is 2.37. The molecule has 0 aromatic heterocycles. The van der Waals surface area contributed by atoms with Crippen LogP contribution in [0.25, 0.3) is 0 Å². The molecule has 1 aliphatic rings. The first-order valence-electron chi connectivity index (χ1n) is 5.58. The fourth-order valence-electron chi connectivity index (χ4n) is 2.21. The third kappa shape index (κ3) is 1.74. The van der Waals surface area contributed by atoms with E-state index in [9.17, 15) is 5.11 Å². The summed E-state index contributed by atoms with van der Waals surface area (Å²) in [7, 11) is 4.04. The van der Waals surface area contributed by atoms with Crippen LogP contribution in [0.2, 0.25) is 0 Å². The zero-order valence-electron chi connectivity index (χ0n) is 9.70. The number of anilines is 1. The normalized spacial score (nSPS) is 28.9. The molecule has 1 aromatic rings. The van der Waals surface area contributed by atoms with Gasteiger partial charge >= 0.3 is 0 Å². The van der Waals surface area contributed by atoms with Crippen LogP contribution < -0.4 is 4.90 Å². The number of rotatable bonds is 3. The maximum atomic E-state index is 10.3. The maximum absolute atomic E-state index is 10.3. The van der Waals surface area contributed by atoms with Crippen LogP contribution in [0.1, 0.15) is 25.3 Å². The molecule has 0 radical (unpaired) electrons. The van der Waals surface area contributed by atoms with Crippen molar-refractivity contribution in [2.45, 2.75) is 25.4 Å². The van der Waals surface area contributed by atoms with Crippen molar-refractivity contribution in [3.05, 3.63) is 29.8 Å². The molecule has 0 heterocycles. The van der Waals surface area contributed by atoms with Gasteiger partial charge in [-0.2, -0.15) is 0 Å². The Morgan fingerprint density at radius 2 is 2.20 bits per heavy atom. The van der Waals surface area contributed by atoms with Gasteiger partial charge in [0.25, 0.3) is 0 Å². The Hall–Kier alpha value is -1.02. The van der Waals surface area contributed by atoms with Gasteiger partial charge in [0.15, 0.2) is 0 Å². The molecule has 2 atom stereocenters. The number of aliphatic hydroxyl groups is 1. The van der Waals surface area contributed by atoms with Gasteiger partial charge in [-0.15, -0.1) is 0 Å². The molecule has 0 spiro atoms. The first-order chi connectivity index (χ1) is 7.08. The van der Waals surface area contributed by atoms with E-state index in [0.29, 0.717) is 5.92 Å². The van der Waals surface area contributed by atoms with Gasteiger partial charge in [-0.05, 0) is 30.0 Å². The molecule has 2 rings (SSSR count). The van der Waals surface area contributed by atoms with E-state index in [0.717, 1.165) is 24.1 Å². The van der Waals surface area contributed by atoms with Crippen molar-refractivity contribution in [3.63, 3.8) is 0 Å². The summed E-state index contributed by atoms with van der Waals surface area (Å²) in [6.07, 6.45) is 1.98. The van der Waals surface area contributed by atoms with Gasteiger partial charge in [-0.25, -0.2) is 0 Å². The van der Waals surface area contributed by atoms with Gasteiger partial charge in [-0.3, -0.25) is 0 Å². The molecular weight excluding hydrogens is 186 g/mol. The summed E-state index contributed by atoms with van der Waals surface area (Å²) in [5.41, 5.74) is 1.68. The lowest BCUT2D eigenvalue weighted by atomic mass is 10.0. The van der Waals surface area contributed by atoms with Crippen LogP contribution >= 0.6 is 0 Å². The van der Waals surface area contributed by atoms with E-state index in [1.165, 1.54) is 0 Å². The minimum absolute atomic E-state index is 0.454. The molecule has 0 bridgehead atoms. The highest BCUT2D eigenvalue weighted by Crippen LogP contribution is 2.53. The lowest BCUT2D eigenvalue weighted by Gasteiger charge is -2.16. The number of hydrogen-bond acceptors (Lipinski definition) is 2. The van der Waals surface area contributed by atoms with E-state index in [4.69, 9.17) is 0 Å². The van der Waals surface area contributed by atoms with Crippen LogP contribution in [0, 0.1) is 5.92 Å². The number of hydrogen-bond donors (Lipinski definition) is 1. The zero-order chi connectivity index (χ0) is 11.1. The summed E-state index contributed by atoms with van der Waals surface area (Å²) in [5.74, 6) is 0.454. The van der Waals surface area contributed by atoms with Crippen molar-refractivity contribution < 1.29 is 5.11 Å². The van der Waals surface area contributed by atoms with Crippen LogP contribution in [-0.2, 0) is 5.60 Å². The van der Waals surface area contributed by atoms with Crippen molar-refractivity contribution in [2.75, 3.05) is 19.0 Å². The Labute approximate surface area is 91.5 Å². The van der Waals surface area contributed by atoms with Crippen LogP contribution in [-0.4, -0.2) is 19.2 Å². The average Bonchev–Trinajstić information content (AvgIpc) is 2.92. The highest BCUT2D eigenvalue weighted by molar-refractivity contribution is 5.49. The fourth-order valence-corrected chi connectivity index (χ4v) is 2.21. The Bertz CT molecular complexity index is 361. The molecule has 1 fully saturated rings. The molecule has 1 saturated carbocycles. The van der Waals surface area contributed by atoms with Crippen LogP contribution in [0.4, 0.5) is 5.69 Å². The topological polar surface area (TPSA) is 23.5 Å². The standard InChI is InChI=1S/C13H19NO/c1-4-10-9-13(10,15)11-6-5-7-12(8-11)14(2)3/h5-8,10,15H,4,9H2,1-3H3. The van der Waals surface area contributed by atoms with E-state index < -0.39 is 5.60 Å². The smallest absolute Gasteiger partial charge is 0.0930 e. The maximum Gasteiger partial charge on any atom is 0.0930 e. The predicted molar refractivity (Wildman–Crippen MR) is 63.1 cm³/mol. The van der Waals surface area contributed by atoms with Gasteiger partial charge in [-0.1, -0.05) is 25.5 Å². The minimum atomic E-state index is -0.541.